The summed E-state index contributed by atoms with van der Waals surface area (Å²) in [6, 6.07) is 11.2. The highest BCUT2D eigenvalue weighted by Crippen LogP contribution is 2.57. The summed E-state index contributed by atoms with van der Waals surface area (Å²) in [7, 11) is 0. The van der Waals surface area contributed by atoms with E-state index < -0.39 is 11.7 Å². The van der Waals surface area contributed by atoms with Crippen molar-refractivity contribution < 1.29 is 18.7 Å². The molecule has 28 heavy (non-hydrogen) atoms. The molecule has 5 nitrogen and oxygen atoms in total. The van der Waals surface area contributed by atoms with Gasteiger partial charge in [0.2, 0.25) is 5.91 Å². The predicted molar refractivity (Wildman–Crippen MR) is 104 cm³/mol. The highest BCUT2D eigenvalue weighted by atomic mass is 19.1. The minimum Gasteiger partial charge on any atom is -0.368 e. The molecule has 0 aromatic heterocycles. The smallest absolute Gasteiger partial charge is 0.216 e. The lowest BCUT2D eigenvalue weighted by molar-refractivity contribution is -0.190. The molecule has 1 heterocycles. The van der Waals surface area contributed by atoms with Crippen molar-refractivity contribution in [3.8, 4) is 11.1 Å². The average molecular weight is 384 g/mol. The van der Waals surface area contributed by atoms with Crippen LogP contribution in [0.5, 0.6) is 0 Å². The van der Waals surface area contributed by atoms with Gasteiger partial charge in [-0.2, -0.15) is 0 Å². The van der Waals surface area contributed by atoms with Crippen molar-refractivity contribution in [2.45, 2.75) is 25.6 Å². The molecule has 6 heteroatoms. The number of fused-ring (bicyclic) bond motifs is 2. The summed E-state index contributed by atoms with van der Waals surface area (Å²) in [5, 5.41) is 6.11. The lowest BCUT2D eigenvalue weighted by Crippen LogP contribution is -2.58. The van der Waals surface area contributed by atoms with Crippen molar-refractivity contribution in [2.75, 3.05) is 32.8 Å². The lowest BCUT2D eigenvalue weighted by atomic mass is 9.66. The van der Waals surface area contributed by atoms with Crippen LogP contribution in [0.3, 0.4) is 0 Å². The Hall–Kier alpha value is -2.28. The highest BCUT2D eigenvalue weighted by molar-refractivity contribution is 5.74. The number of halogens is 1. The zero-order valence-corrected chi connectivity index (χ0v) is 16.2. The van der Waals surface area contributed by atoms with E-state index >= 15 is 0 Å². The maximum atomic E-state index is 14.9. The molecule has 4 rings (SSSR count). The molecule has 1 aliphatic heterocycles. The van der Waals surface area contributed by atoms with Crippen LogP contribution in [0.2, 0.25) is 0 Å². The van der Waals surface area contributed by atoms with E-state index in [1.165, 1.54) is 13.0 Å². The van der Waals surface area contributed by atoms with Crippen molar-refractivity contribution >= 4 is 5.91 Å². The molecule has 2 aromatic carbocycles. The third-order valence-electron chi connectivity index (χ3n) is 5.43. The monoisotopic (exact) mass is 384 g/mol. The fourth-order valence-electron chi connectivity index (χ4n) is 4.22. The number of morpholine rings is 1. The molecule has 1 fully saturated rings. The Kier molecular flexibility index (Phi) is 5.19. The SMILES string of the molecule is CC(=O)NCCO[C@H]1c2c(ccc(F)c2-c2cccc(C)c2)[C@@]12CNCCO2. The largest absolute Gasteiger partial charge is 0.368 e. The fourth-order valence-corrected chi connectivity index (χ4v) is 4.22. The molecule has 1 saturated heterocycles. The first-order valence-corrected chi connectivity index (χ1v) is 9.63. The molecular formula is C22H25FN2O3. The van der Waals surface area contributed by atoms with Gasteiger partial charge in [0.1, 0.15) is 17.5 Å². The van der Waals surface area contributed by atoms with Crippen molar-refractivity contribution in [3.05, 3.63) is 58.9 Å². The van der Waals surface area contributed by atoms with Crippen LogP contribution in [0.15, 0.2) is 36.4 Å². The molecular weight excluding hydrogens is 359 g/mol. The van der Waals surface area contributed by atoms with Crippen LogP contribution in [0.1, 0.15) is 29.7 Å². The number of benzene rings is 2. The number of ether oxygens (including phenoxy) is 2. The Morgan fingerprint density at radius 1 is 1.39 bits per heavy atom. The summed E-state index contributed by atoms with van der Waals surface area (Å²) in [5.74, 6) is -0.368. The van der Waals surface area contributed by atoms with Gasteiger partial charge in [-0.05, 0) is 24.1 Å². The van der Waals surface area contributed by atoms with Crippen molar-refractivity contribution in [2.24, 2.45) is 0 Å². The molecule has 2 aliphatic rings. The Bertz CT molecular complexity index is 893. The number of carbonyl (C=O) groups excluding carboxylic acids is 1. The van der Waals surface area contributed by atoms with Gasteiger partial charge in [-0.3, -0.25) is 4.79 Å². The summed E-state index contributed by atoms with van der Waals surface area (Å²) in [6.45, 7) is 6.17. The van der Waals surface area contributed by atoms with Crippen molar-refractivity contribution in [1.29, 1.82) is 0 Å². The van der Waals surface area contributed by atoms with Gasteiger partial charge in [-0.15, -0.1) is 0 Å². The highest BCUT2D eigenvalue weighted by Gasteiger charge is 2.56. The number of nitrogens with one attached hydrogen (secondary N) is 2. The third-order valence-corrected chi connectivity index (χ3v) is 5.43. The molecule has 0 radical (unpaired) electrons. The van der Waals surface area contributed by atoms with E-state index in [1.807, 2.05) is 37.3 Å². The summed E-state index contributed by atoms with van der Waals surface area (Å²) >= 11 is 0. The van der Waals surface area contributed by atoms with E-state index in [4.69, 9.17) is 9.47 Å². The first kappa shape index (κ1) is 19.1. The van der Waals surface area contributed by atoms with E-state index in [-0.39, 0.29) is 11.7 Å². The molecule has 2 N–H and O–H groups in total. The second-order valence-electron chi connectivity index (χ2n) is 7.40. The fraction of sp³-hybridized carbons (Fsp3) is 0.409. The second kappa shape index (κ2) is 7.62. The summed E-state index contributed by atoms with van der Waals surface area (Å²) in [6.07, 6.45) is -0.393. The van der Waals surface area contributed by atoms with Crippen LogP contribution >= 0.6 is 0 Å². The Labute approximate surface area is 164 Å². The van der Waals surface area contributed by atoms with E-state index in [9.17, 15) is 9.18 Å². The van der Waals surface area contributed by atoms with Crippen LogP contribution < -0.4 is 10.6 Å². The molecule has 2 aromatic rings. The average Bonchev–Trinajstić information content (AvgIpc) is 2.68. The van der Waals surface area contributed by atoms with Crippen LogP contribution in [0.25, 0.3) is 11.1 Å². The molecule has 0 saturated carbocycles. The van der Waals surface area contributed by atoms with E-state index in [0.717, 1.165) is 28.8 Å². The topological polar surface area (TPSA) is 59.6 Å². The van der Waals surface area contributed by atoms with Gasteiger partial charge >= 0.3 is 0 Å². The zero-order chi connectivity index (χ0) is 19.7. The van der Waals surface area contributed by atoms with Crippen molar-refractivity contribution in [1.82, 2.24) is 10.6 Å². The normalized spacial score (nSPS) is 23.2. The zero-order valence-electron chi connectivity index (χ0n) is 16.2. The number of carbonyl (C=O) groups is 1. The molecule has 0 bridgehead atoms. The molecule has 1 aliphatic carbocycles. The Morgan fingerprint density at radius 3 is 2.96 bits per heavy atom. The minimum atomic E-state index is -0.615. The maximum absolute atomic E-state index is 14.9. The minimum absolute atomic E-state index is 0.102. The number of rotatable bonds is 5. The Balaban J connectivity index is 1.73. The number of amides is 1. The van der Waals surface area contributed by atoms with Gasteiger partial charge in [0.05, 0.1) is 13.2 Å². The molecule has 1 spiro atoms. The maximum Gasteiger partial charge on any atom is 0.216 e. The predicted octanol–water partition coefficient (Wildman–Crippen LogP) is 2.82. The van der Waals surface area contributed by atoms with Gasteiger partial charge in [0, 0.05) is 37.7 Å². The van der Waals surface area contributed by atoms with Crippen molar-refractivity contribution in [3.63, 3.8) is 0 Å². The van der Waals surface area contributed by atoms with Gasteiger partial charge in [-0.25, -0.2) is 4.39 Å². The van der Waals surface area contributed by atoms with Crippen LogP contribution in [0.4, 0.5) is 4.39 Å². The quantitative estimate of drug-likeness (QED) is 0.779. The molecule has 0 unspecified atom stereocenters. The van der Waals surface area contributed by atoms with Gasteiger partial charge in [0.15, 0.2) is 0 Å². The first-order chi connectivity index (χ1) is 13.5. The van der Waals surface area contributed by atoms with Gasteiger partial charge < -0.3 is 20.1 Å². The van der Waals surface area contributed by atoms with E-state index in [2.05, 4.69) is 10.6 Å². The third kappa shape index (κ3) is 3.21. The molecule has 1 amide bonds. The first-order valence-electron chi connectivity index (χ1n) is 9.63. The molecule has 148 valence electrons. The number of hydrogen-bond acceptors (Lipinski definition) is 4. The van der Waals surface area contributed by atoms with Crippen LogP contribution in [-0.4, -0.2) is 38.8 Å². The summed E-state index contributed by atoms with van der Waals surface area (Å²) in [4.78, 5) is 11.1. The summed E-state index contributed by atoms with van der Waals surface area (Å²) in [5.41, 5.74) is 3.69. The Morgan fingerprint density at radius 2 is 2.25 bits per heavy atom. The number of aryl methyl sites for hydroxylation is 1. The lowest BCUT2D eigenvalue weighted by Gasteiger charge is -2.53. The second-order valence-corrected chi connectivity index (χ2v) is 7.40. The molecule has 2 atom stereocenters. The summed E-state index contributed by atoms with van der Waals surface area (Å²) < 4.78 is 27.3. The van der Waals surface area contributed by atoms with E-state index in [1.54, 1.807) is 0 Å². The standard InChI is InChI=1S/C22H25FN2O3/c1-14-4-3-5-16(12-14)19-18(23)7-6-17-20(19)21(27-10-9-25-15(2)26)22(17)13-24-8-11-28-22/h3-7,12,21,24H,8-11,13H2,1-2H3,(H,25,26)/t21-,22-/m0/s1. The van der Waals surface area contributed by atoms with E-state index in [0.29, 0.717) is 31.9 Å². The number of hydrogen-bond donors (Lipinski definition) is 2. The van der Waals surface area contributed by atoms with Crippen LogP contribution in [-0.2, 0) is 19.9 Å². The van der Waals surface area contributed by atoms with Gasteiger partial charge in [0.25, 0.3) is 0 Å². The van der Waals surface area contributed by atoms with Crippen LogP contribution in [0, 0.1) is 12.7 Å². The van der Waals surface area contributed by atoms with Gasteiger partial charge in [-0.1, -0.05) is 35.9 Å².